The zero-order valence-electron chi connectivity index (χ0n) is 32.8. The highest BCUT2D eigenvalue weighted by Crippen LogP contribution is 2.43. The van der Waals surface area contributed by atoms with Gasteiger partial charge in [0.25, 0.3) is 0 Å². The van der Waals surface area contributed by atoms with Crippen molar-refractivity contribution in [1.82, 2.24) is 0 Å². The van der Waals surface area contributed by atoms with E-state index in [2.05, 4.69) is 29.5 Å². The predicted molar refractivity (Wildman–Crippen MR) is 203 cm³/mol. The van der Waals surface area contributed by atoms with Crippen molar-refractivity contribution in [2.45, 2.75) is 151 Å². The van der Waals surface area contributed by atoms with Crippen LogP contribution in [0.3, 0.4) is 0 Å². The Morgan fingerprint density at radius 2 is 1.85 bits per heavy atom. The summed E-state index contributed by atoms with van der Waals surface area (Å²) in [5, 5.41) is 72.1. The number of aliphatic carboxylic acids is 1. The van der Waals surface area contributed by atoms with Crippen molar-refractivity contribution in [3.8, 4) is 0 Å². The van der Waals surface area contributed by atoms with Gasteiger partial charge in [-0.1, -0.05) is 31.4 Å². The summed E-state index contributed by atoms with van der Waals surface area (Å²) in [6, 6.07) is 0. The molecule has 0 bridgehead atoms. The van der Waals surface area contributed by atoms with E-state index < -0.39 is 48.4 Å². The van der Waals surface area contributed by atoms with E-state index >= 15 is 0 Å². The molecule has 0 amide bonds. The first kappa shape index (κ1) is 42.7. The number of fused-ring (bicyclic) bond motifs is 1. The number of nitrogens with two attached hydrogens (primary N) is 2. The van der Waals surface area contributed by atoms with Gasteiger partial charge in [-0.3, -0.25) is 0 Å². The molecular formula is C42H70N3O10+3. The highest BCUT2D eigenvalue weighted by Gasteiger charge is 2.59. The molecule has 0 aromatic carbocycles. The topological polar surface area (TPSA) is 218 Å². The van der Waals surface area contributed by atoms with Crippen molar-refractivity contribution < 1.29 is 60.3 Å². The van der Waals surface area contributed by atoms with Crippen molar-refractivity contribution in [2.75, 3.05) is 33.3 Å². The average molecular weight is 777 g/mol. The molecule has 13 heteroatoms. The molecule has 0 spiro atoms. The number of carbonyl (C=O) groups excluding carboxylic acids is 1. The molecule has 6 aliphatic rings. The van der Waals surface area contributed by atoms with E-state index in [4.69, 9.17) is 14.2 Å². The van der Waals surface area contributed by atoms with Gasteiger partial charge in [-0.05, 0) is 75.5 Å². The number of aliphatic hydroxyl groups excluding tert-OH is 4. The van der Waals surface area contributed by atoms with Gasteiger partial charge in [-0.2, -0.15) is 0 Å². The monoisotopic (exact) mass is 777 g/mol. The number of carboxylic acid groups (broad SMARTS) is 1. The van der Waals surface area contributed by atoms with Crippen molar-refractivity contribution in [1.29, 1.82) is 0 Å². The number of hydrogen-bond donors (Lipinski definition) is 7. The van der Waals surface area contributed by atoms with Crippen LogP contribution in [0.15, 0.2) is 28.8 Å². The standard InChI is InChI=1S/C42H67N3O10/c1-43-18-17-28(9-5-8-26-6-3-2-4-7-26)30(20-27-16-19-44-22-27)23-45-25-42(52)39(49)37(48)38(40(50)51)55-41(42)54-32-14-15-33-35(21-32)53-24-34(36(33)47)29-10-12-31(46)13-11-29/h5,8,16,19,22,26,28-39,41,43,45-49,52H,2-4,6-7,9-15,17-18,20-21,23-25H2,1H3/p+3/t28-,29?,30-,31?,32?,33?,34?,35?,36?,37+,38-,39-,41+,42-/m0/s1. The summed E-state index contributed by atoms with van der Waals surface area (Å²) < 4.78 is 17.2. The van der Waals surface area contributed by atoms with Crippen LogP contribution in [0, 0.1) is 42.1 Å². The van der Waals surface area contributed by atoms with E-state index in [0.29, 0.717) is 50.2 Å². The van der Waals surface area contributed by atoms with Crippen LogP contribution in [0.25, 0.3) is 0 Å². The second-order valence-electron chi connectivity index (χ2n) is 17.7. The normalized spacial score (nSPS) is 39.7. The smallest absolute Gasteiger partial charge is 0.195 e. The van der Waals surface area contributed by atoms with Gasteiger partial charge in [0.2, 0.25) is 0 Å². The van der Waals surface area contributed by atoms with Gasteiger partial charge in [0.1, 0.15) is 37.0 Å². The summed E-state index contributed by atoms with van der Waals surface area (Å²) in [4.78, 5) is 16.3. The molecular weight excluding hydrogens is 706 g/mol. The Bertz CT molecular complexity index is 1300. The number of ether oxygens (including phenoxy) is 3. The van der Waals surface area contributed by atoms with Crippen LogP contribution in [-0.2, 0) is 14.3 Å². The van der Waals surface area contributed by atoms with E-state index in [1.807, 2.05) is 17.6 Å². The quantitative estimate of drug-likeness (QED) is 0.0547. The van der Waals surface area contributed by atoms with Crippen LogP contribution in [0.1, 0.15) is 96.3 Å². The fraction of sp³-hybridized carbons (Fsp3) is 0.833. The van der Waals surface area contributed by atoms with Gasteiger partial charge in [0, 0.05) is 25.2 Å². The molecule has 6 rings (SSSR count). The molecule has 3 heterocycles. The lowest BCUT2D eigenvalue weighted by Gasteiger charge is -2.49. The van der Waals surface area contributed by atoms with Crippen LogP contribution in [0.4, 0.5) is 0 Å². The van der Waals surface area contributed by atoms with E-state index in [0.717, 1.165) is 57.1 Å². The highest BCUT2D eigenvalue weighted by atomic mass is 16.7. The zero-order valence-corrected chi connectivity index (χ0v) is 32.8. The minimum absolute atomic E-state index is 0.0290. The molecule has 10 N–H and O–H groups in total. The first-order valence-electron chi connectivity index (χ1n) is 21.5. The van der Waals surface area contributed by atoms with Gasteiger partial charge >= 0.3 is 0 Å². The Balaban J connectivity index is 1.12. The van der Waals surface area contributed by atoms with E-state index in [-0.39, 0.29) is 36.5 Å². The molecule has 0 aromatic heterocycles. The number of nitrogens with zero attached hydrogens (tertiary/aromatic N) is 1. The molecule has 55 heavy (non-hydrogen) atoms. The molecule has 12 atom stereocenters. The van der Waals surface area contributed by atoms with Crippen LogP contribution in [-0.4, -0.2) is 130 Å². The molecule has 13 nitrogen and oxygen atoms in total. The minimum Gasteiger partial charge on any atom is -0.547 e. The van der Waals surface area contributed by atoms with E-state index in [9.17, 15) is 35.4 Å². The fourth-order valence-corrected chi connectivity index (χ4v) is 10.6. The maximum Gasteiger partial charge on any atom is 0.195 e. The third-order valence-corrected chi connectivity index (χ3v) is 14.0. The van der Waals surface area contributed by atoms with Gasteiger partial charge in [0.05, 0.1) is 62.3 Å². The Morgan fingerprint density at radius 3 is 2.56 bits per heavy atom. The number of rotatable bonds is 17. The molecule has 3 saturated carbocycles. The third kappa shape index (κ3) is 10.8. The maximum absolute atomic E-state index is 12.2. The molecule has 3 aliphatic carbocycles. The lowest BCUT2D eigenvalue weighted by atomic mass is 9.69. The number of aliphatic imine (C=N–C) groups is 1. The van der Waals surface area contributed by atoms with Gasteiger partial charge in [0.15, 0.2) is 30.8 Å². The molecule has 5 unspecified atom stereocenters. The summed E-state index contributed by atoms with van der Waals surface area (Å²) in [5.41, 5.74) is -0.978. The summed E-state index contributed by atoms with van der Waals surface area (Å²) in [6.45, 7) is 3.86. The lowest BCUT2D eigenvalue weighted by Crippen LogP contribution is -2.93. The maximum atomic E-state index is 12.2. The number of allylic oxidation sites excluding steroid dienone is 3. The highest BCUT2D eigenvalue weighted by molar-refractivity contribution is 5.81. The van der Waals surface area contributed by atoms with Crippen LogP contribution in [0.5, 0.6) is 0 Å². The number of quaternary nitrogens is 2. The summed E-state index contributed by atoms with van der Waals surface area (Å²) in [7, 11) is 2.08. The van der Waals surface area contributed by atoms with Crippen molar-refractivity contribution in [3.63, 3.8) is 0 Å². The lowest BCUT2D eigenvalue weighted by molar-refractivity contribution is -0.681. The van der Waals surface area contributed by atoms with Crippen molar-refractivity contribution in [2.24, 2.45) is 40.5 Å². The largest absolute Gasteiger partial charge is 0.547 e. The van der Waals surface area contributed by atoms with Crippen LogP contribution < -0.4 is 15.7 Å². The third-order valence-electron chi connectivity index (χ3n) is 14.0. The van der Waals surface area contributed by atoms with Crippen LogP contribution >= 0.6 is 0 Å². The molecule has 0 radical (unpaired) electrons. The average Bonchev–Trinajstić information content (AvgIpc) is 3.70. The number of aliphatic hydroxyl groups is 7. The Kier molecular flexibility index (Phi) is 15.7. The van der Waals surface area contributed by atoms with Gasteiger partial charge in [-0.15, -0.1) is 4.99 Å². The summed E-state index contributed by atoms with van der Waals surface area (Å²) in [5.74, 6) is -0.0943. The Labute approximate surface area is 327 Å². The second kappa shape index (κ2) is 20.2. The first-order chi connectivity index (χ1) is 26.6. The van der Waals surface area contributed by atoms with Gasteiger partial charge < -0.3 is 60.3 Å². The van der Waals surface area contributed by atoms with E-state index in [1.165, 1.54) is 32.1 Å². The molecule has 5 fully saturated rings. The minimum atomic E-state index is -2.12. The van der Waals surface area contributed by atoms with Crippen molar-refractivity contribution in [3.05, 3.63) is 30.3 Å². The molecule has 0 aromatic rings. The first-order valence-corrected chi connectivity index (χ1v) is 21.5. The summed E-state index contributed by atoms with van der Waals surface area (Å²) in [6.07, 6.45) is 14.3. The molecule has 310 valence electrons. The van der Waals surface area contributed by atoms with E-state index in [1.54, 1.807) is 6.54 Å². The zero-order chi connectivity index (χ0) is 39.0. The Morgan fingerprint density at radius 1 is 1.07 bits per heavy atom. The number of carboxylic acids is 1. The molecule has 2 saturated heterocycles. The summed E-state index contributed by atoms with van der Waals surface area (Å²) >= 11 is 0. The fourth-order valence-electron chi connectivity index (χ4n) is 10.6. The van der Waals surface area contributed by atoms with Crippen molar-refractivity contribution >= 4 is 12.2 Å². The SMILES string of the molecule is C[NH2+]CC[C@H](CC=CC1CCCCC1)[C@H](C[NH2+]C[C@@]1(O)[C@H](OC2CCC3C(C2)[OH+]CC(C2CCC(O)CC2)C3O)O[C@H](C(=O)[O-])[C@@H](O)[C@@H]1O)CC1=C[CH+]N=C1. The second-order valence-corrected chi connectivity index (χ2v) is 17.7. The Hall–Kier alpha value is -1.91. The number of carbonyl (C=O) groups is 1. The van der Waals surface area contributed by atoms with Crippen LogP contribution in [0.2, 0.25) is 0 Å². The number of hydrogen-bond acceptors (Lipinski definition) is 10. The predicted octanol–water partition coefficient (Wildman–Crippen LogP) is -0.994. The van der Waals surface area contributed by atoms with Gasteiger partial charge in [-0.25, -0.2) is 0 Å². The molecule has 3 aliphatic heterocycles.